The maximum atomic E-state index is 13.3. The number of amides is 1. The molecule has 1 aromatic carbocycles. The van der Waals surface area contributed by atoms with Crippen molar-refractivity contribution in [3.8, 4) is 0 Å². The molecule has 0 aliphatic heterocycles. The van der Waals surface area contributed by atoms with Crippen molar-refractivity contribution in [3.63, 3.8) is 0 Å². The zero-order valence-corrected chi connectivity index (χ0v) is 9.21. The van der Waals surface area contributed by atoms with Gasteiger partial charge >= 0.3 is 0 Å². The maximum Gasteiger partial charge on any atom is 0.271 e. The van der Waals surface area contributed by atoms with Gasteiger partial charge in [-0.05, 0) is 18.2 Å². The van der Waals surface area contributed by atoms with Crippen molar-refractivity contribution in [3.05, 3.63) is 47.3 Å². The Labute approximate surface area is 101 Å². The van der Waals surface area contributed by atoms with Crippen molar-refractivity contribution in [1.29, 1.82) is 0 Å². The summed E-state index contributed by atoms with van der Waals surface area (Å²) < 4.78 is 26.2. The van der Waals surface area contributed by atoms with E-state index in [1.54, 1.807) is 0 Å². The Hall–Kier alpha value is -2.44. The number of carbonyl (C=O) groups excluding carboxylic acids is 1. The summed E-state index contributed by atoms with van der Waals surface area (Å²) in [5, 5.41) is 8.41. The molecule has 0 unspecified atom stereocenters. The number of hydrogen-bond acceptors (Lipinski definition) is 3. The molecule has 0 fully saturated rings. The van der Waals surface area contributed by atoms with E-state index in [2.05, 4.69) is 15.5 Å². The minimum Gasteiger partial charge on any atom is -0.396 e. The first-order valence-corrected chi connectivity index (χ1v) is 5.09. The quantitative estimate of drug-likeness (QED) is 0.767. The Balaban J connectivity index is 2.06. The van der Waals surface area contributed by atoms with Crippen molar-refractivity contribution >= 4 is 11.6 Å². The van der Waals surface area contributed by atoms with E-state index in [0.717, 1.165) is 18.2 Å². The molecule has 1 heterocycles. The molecule has 18 heavy (non-hydrogen) atoms. The molecule has 1 amide bonds. The van der Waals surface area contributed by atoms with E-state index in [-0.39, 0.29) is 23.5 Å². The lowest BCUT2D eigenvalue weighted by Gasteiger charge is -2.05. The van der Waals surface area contributed by atoms with Gasteiger partial charge < -0.3 is 11.1 Å². The van der Waals surface area contributed by atoms with Crippen LogP contribution in [-0.2, 0) is 6.54 Å². The van der Waals surface area contributed by atoms with Crippen molar-refractivity contribution in [2.24, 2.45) is 0 Å². The highest BCUT2D eigenvalue weighted by Gasteiger charge is 2.12. The number of aromatic amines is 1. The average Bonchev–Trinajstić information content (AvgIpc) is 2.76. The van der Waals surface area contributed by atoms with Gasteiger partial charge in [-0.3, -0.25) is 9.89 Å². The fraction of sp³-hybridized carbons (Fsp3) is 0.0909. The van der Waals surface area contributed by atoms with E-state index in [1.165, 1.54) is 6.20 Å². The molecule has 2 rings (SSSR count). The van der Waals surface area contributed by atoms with E-state index in [9.17, 15) is 13.6 Å². The van der Waals surface area contributed by atoms with Gasteiger partial charge in [-0.2, -0.15) is 5.10 Å². The molecule has 0 aliphatic carbocycles. The molecule has 0 bridgehead atoms. The first-order valence-electron chi connectivity index (χ1n) is 5.09. The number of H-pyrrole nitrogens is 1. The number of hydrogen-bond donors (Lipinski definition) is 3. The van der Waals surface area contributed by atoms with Crippen LogP contribution in [0.1, 0.15) is 16.1 Å². The Morgan fingerprint density at radius 1 is 1.44 bits per heavy atom. The largest absolute Gasteiger partial charge is 0.396 e. The van der Waals surface area contributed by atoms with E-state index in [4.69, 9.17) is 5.73 Å². The minimum absolute atomic E-state index is 0.0569. The van der Waals surface area contributed by atoms with Crippen molar-refractivity contribution in [2.75, 3.05) is 5.73 Å². The summed E-state index contributed by atoms with van der Waals surface area (Å²) in [6.07, 6.45) is 1.29. The SMILES string of the molecule is Nc1cn[nH]c1C(=O)NCc1cc(F)ccc1F. The normalized spacial score (nSPS) is 10.3. The van der Waals surface area contributed by atoms with Gasteiger partial charge in [0.25, 0.3) is 5.91 Å². The van der Waals surface area contributed by atoms with Crippen molar-refractivity contribution in [2.45, 2.75) is 6.54 Å². The molecular weight excluding hydrogens is 242 g/mol. The number of nitrogens with two attached hydrogens (primary N) is 1. The number of nitrogen functional groups attached to an aromatic ring is 1. The molecule has 7 heteroatoms. The Kier molecular flexibility index (Phi) is 3.22. The molecule has 5 nitrogen and oxygen atoms in total. The van der Waals surface area contributed by atoms with Crippen molar-refractivity contribution in [1.82, 2.24) is 15.5 Å². The predicted molar refractivity (Wildman–Crippen MR) is 60.5 cm³/mol. The highest BCUT2D eigenvalue weighted by molar-refractivity contribution is 5.96. The Morgan fingerprint density at radius 3 is 2.89 bits per heavy atom. The molecule has 0 aliphatic rings. The van der Waals surface area contributed by atoms with Crippen LogP contribution in [0.3, 0.4) is 0 Å². The average molecular weight is 252 g/mol. The molecule has 0 saturated carbocycles. The Bertz CT molecular complexity index is 582. The number of nitrogens with zero attached hydrogens (tertiary/aromatic N) is 1. The summed E-state index contributed by atoms with van der Waals surface area (Å²) in [4.78, 5) is 11.6. The molecule has 0 radical (unpaired) electrons. The first-order chi connectivity index (χ1) is 8.58. The van der Waals surface area contributed by atoms with Gasteiger partial charge in [0.15, 0.2) is 0 Å². The topological polar surface area (TPSA) is 83.8 Å². The second kappa shape index (κ2) is 4.82. The highest BCUT2D eigenvalue weighted by atomic mass is 19.1. The monoisotopic (exact) mass is 252 g/mol. The second-order valence-electron chi connectivity index (χ2n) is 3.62. The second-order valence-corrected chi connectivity index (χ2v) is 3.62. The summed E-state index contributed by atoms with van der Waals surface area (Å²) in [5.74, 6) is -1.69. The number of halogens is 2. The van der Waals surface area contributed by atoms with Gasteiger partial charge in [0, 0.05) is 12.1 Å². The molecular formula is C11H10F2N4O. The molecule has 2 aromatic rings. The molecule has 4 N–H and O–H groups in total. The van der Waals surface area contributed by atoms with Gasteiger partial charge in [0.05, 0.1) is 11.9 Å². The van der Waals surface area contributed by atoms with Crippen LogP contribution in [0.2, 0.25) is 0 Å². The van der Waals surface area contributed by atoms with Crippen LogP contribution >= 0.6 is 0 Å². The first kappa shape index (κ1) is 12.0. The third kappa shape index (κ3) is 2.45. The molecule has 0 spiro atoms. The number of benzene rings is 1. The number of carbonyl (C=O) groups is 1. The van der Waals surface area contributed by atoms with E-state index >= 15 is 0 Å². The van der Waals surface area contributed by atoms with Gasteiger partial charge in [-0.1, -0.05) is 0 Å². The summed E-state index contributed by atoms with van der Waals surface area (Å²) >= 11 is 0. The zero-order chi connectivity index (χ0) is 13.1. The molecule has 1 aromatic heterocycles. The number of rotatable bonds is 3. The maximum absolute atomic E-state index is 13.3. The predicted octanol–water partition coefficient (Wildman–Crippen LogP) is 1.20. The lowest BCUT2D eigenvalue weighted by Crippen LogP contribution is -2.24. The summed E-state index contributed by atoms with van der Waals surface area (Å²) in [5.41, 5.74) is 5.81. The fourth-order valence-corrected chi connectivity index (χ4v) is 1.42. The van der Waals surface area contributed by atoms with Crippen molar-refractivity contribution < 1.29 is 13.6 Å². The molecule has 0 atom stereocenters. The van der Waals surface area contributed by atoms with Crippen LogP contribution in [0.4, 0.5) is 14.5 Å². The van der Waals surface area contributed by atoms with E-state index in [1.807, 2.05) is 0 Å². The van der Waals surface area contributed by atoms with E-state index in [0.29, 0.717) is 0 Å². The van der Waals surface area contributed by atoms with Crippen LogP contribution in [-0.4, -0.2) is 16.1 Å². The van der Waals surface area contributed by atoms with Gasteiger partial charge in [0.1, 0.15) is 17.3 Å². The lowest BCUT2D eigenvalue weighted by atomic mass is 10.2. The van der Waals surface area contributed by atoms with Crippen LogP contribution < -0.4 is 11.1 Å². The van der Waals surface area contributed by atoms with Crippen LogP contribution in [0, 0.1) is 11.6 Å². The minimum atomic E-state index is -0.589. The van der Waals surface area contributed by atoms with Gasteiger partial charge in [0.2, 0.25) is 0 Å². The summed E-state index contributed by atoms with van der Waals surface area (Å²) in [6, 6.07) is 3.03. The number of aromatic nitrogens is 2. The van der Waals surface area contributed by atoms with Crippen LogP contribution in [0.5, 0.6) is 0 Å². The third-order valence-electron chi connectivity index (χ3n) is 2.34. The fourth-order valence-electron chi connectivity index (χ4n) is 1.42. The van der Waals surface area contributed by atoms with E-state index < -0.39 is 17.5 Å². The zero-order valence-electron chi connectivity index (χ0n) is 9.21. The molecule has 94 valence electrons. The van der Waals surface area contributed by atoms with Gasteiger partial charge in [-0.15, -0.1) is 0 Å². The third-order valence-corrected chi connectivity index (χ3v) is 2.34. The number of nitrogens with one attached hydrogen (secondary N) is 2. The summed E-state index contributed by atoms with van der Waals surface area (Å²) in [6.45, 7) is -0.138. The van der Waals surface area contributed by atoms with Crippen LogP contribution in [0.15, 0.2) is 24.4 Å². The lowest BCUT2D eigenvalue weighted by molar-refractivity contribution is 0.0946. The standard InChI is InChI=1S/C11H10F2N4O/c12-7-1-2-8(13)6(3-7)4-15-11(18)10-9(14)5-16-17-10/h1-3,5H,4,14H2,(H,15,18)(H,16,17). The number of anilines is 1. The highest BCUT2D eigenvalue weighted by Crippen LogP contribution is 2.10. The molecule has 0 saturated heterocycles. The van der Waals surface area contributed by atoms with Gasteiger partial charge in [-0.25, -0.2) is 8.78 Å². The summed E-state index contributed by atoms with van der Waals surface area (Å²) in [7, 11) is 0. The van der Waals surface area contributed by atoms with Crippen LogP contribution in [0.25, 0.3) is 0 Å². The Morgan fingerprint density at radius 2 is 2.22 bits per heavy atom. The smallest absolute Gasteiger partial charge is 0.271 e.